The van der Waals surface area contributed by atoms with Crippen molar-refractivity contribution in [3.05, 3.63) is 59.7 Å². The smallest absolute Gasteiger partial charge is 0.261 e. The average Bonchev–Trinajstić information content (AvgIpc) is 2.46. The minimum Gasteiger partial charge on any atom is -0.507 e. The highest BCUT2D eigenvalue weighted by atomic mass is 32.1. The second-order valence-corrected chi connectivity index (χ2v) is 4.74. The molecule has 5 heteroatoms. The highest BCUT2D eigenvalue weighted by Gasteiger charge is 2.16. The Balaban J connectivity index is 2.34. The number of rotatable bonds is 3. The summed E-state index contributed by atoms with van der Waals surface area (Å²) in [6.07, 6.45) is 0. The highest BCUT2D eigenvalue weighted by Crippen LogP contribution is 2.22. The van der Waals surface area contributed by atoms with Crippen LogP contribution in [0.25, 0.3) is 0 Å². The van der Waals surface area contributed by atoms with E-state index in [0.29, 0.717) is 11.3 Å². The van der Waals surface area contributed by atoms with Crippen LogP contribution < -0.4 is 10.6 Å². The van der Waals surface area contributed by atoms with Crippen molar-refractivity contribution in [1.29, 1.82) is 0 Å². The molecule has 102 valence electrons. The average molecular weight is 286 g/mol. The van der Waals surface area contributed by atoms with Gasteiger partial charge in [-0.1, -0.05) is 36.5 Å². The second-order valence-electron chi connectivity index (χ2n) is 4.30. The van der Waals surface area contributed by atoms with Crippen LogP contribution in [0.15, 0.2) is 48.5 Å². The molecule has 0 atom stereocenters. The van der Waals surface area contributed by atoms with Gasteiger partial charge in [-0.25, -0.2) is 0 Å². The molecule has 0 radical (unpaired) electrons. The molecule has 2 aromatic carbocycles. The van der Waals surface area contributed by atoms with Crippen molar-refractivity contribution in [2.45, 2.75) is 0 Å². The monoisotopic (exact) mass is 286 g/mol. The summed E-state index contributed by atoms with van der Waals surface area (Å²) in [6, 6.07) is 13.5. The number of nitrogens with two attached hydrogens (primary N) is 1. The fourth-order valence-electron chi connectivity index (χ4n) is 1.82. The van der Waals surface area contributed by atoms with Gasteiger partial charge in [-0.2, -0.15) is 0 Å². The van der Waals surface area contributed by atoms with Crippen molar-refractivity contribution < 1.29 is 9.90 Å². The molecule has 0 aliphatic rings. The quantitative estimate of drug-likeness (QED) is 0.850. The van der Waals surface area contributed by atoms with Gasteiger partial charge in [-0.15, -0.1) is 0 Å². The van der Waals surface area contributed by atoms with Crippen LogP contribution in [0.4, 0.5) is 5.69 Å². The van der Waals surface area contributed by atoms with E-state index in [2.05, 4.69) is 0 Å². The summed E-state index contributed by atoms with van der Waals surface area (Å²) in [5, 5.41) is 9.73. The minimum absolute atomic E-state index is 0.0464. The van der Waals surface area contributed by atoms with E-state index in [4.69, 9.17) is 18.0 Å². The van der Waals surface area contributed by atoms with Gasteiger partial charge in [0.15, 0.2) is 0 Å². The Kier molecular flexibility index (Phi) is 4.00. The van der Waals surface area contributed by atoms with Gasteiger partial charge in [0, 0.05) is 18.3 Å². The summed E-state index contributed by atoms with van der Waals surface area (Å²) in [5.41, 5.74) is 7.17. The van der Waals surface area contributed by atoms with E-state index in [9.17, 15) is 9.90 Å². The van der Waals surface area contributed by atoms with Gasteiger partial charge >= 0.3 is 0 Å². The maximum atomic E-state index is 12.3. The number of aromatic hydroxyl groups is 1. The summed E-state index contributed by atoms with van der Waals surface area (Å²) >= 11 is 4.92. The molecule has 0 aliphatic carbocycles. The molecule has 1 amide bonds. The predicted molar refractivity (Wildman–Crippen MR) is 83.2 cm³/mol. The molecule has 0 spiro atoms. The summed E-state index contributed by atoms with van der Waals surface area (Å²) in [7, 11) is 1.63. The number of carbonyl (C=O) groups is 1. The Morgan fingerprint density at radius 2 is 1.90 bits per heavy atom. The number of thiocarbonyl (C=S) groups is 1. The molecule has 0 heterocycles. The van der Waals surface area contributed by atoms with Gasteiger partial charge in [0.25, 0.3) is 5.91 Å². The van der Waals surface area contributed by atoms with Crippen LogP contribution in [0.3, 0.4) is 0 Å². The van der Waals surface area contributed by atoms with Gasteiger partial charge in [0.05, 0.1) is 5.56 Å². The van der Waals surface area contributed by atoms with Crippen LogP contribution in [-0.4, -0.2) is 23.0 Å². The number of phenols is 1. The van der Waals surface area contributed by atoms with Crippen molar-refractivity contribution in [3.8, 4) is 5.75 Å². The number of amides is 1. The van der Waals surface area contributed by atoms with E-state index >= 15 is 0 Å². The molecule has 0 fully saturated rings. The maximum Gasteiger partial charge on any atom is 0.261 e. The zero-order valence-corrected chi connectivity index (χ0v) is 11.7. The number of nitrogens with zero attached hydrogens (tertiary/aromatic N) is 1. The van der Waals surface area contributed by atoms with Crippen molar-refractivity contribution in [3.63, 3.8) is 0 Å². The molecule has 20 heavy (non-hydrogen) atoms. The van der Waals surface area contributed by atoms with E-state index in [-0.39, 0.29) is 22.2 Å². The Morgan fingerprint density at radius 1 is 1.20 bits per heavy atom. The summed E-state index contributed by atoms with van der Waals surface area (Å²) in [6.45, 7) is 0. The summed E-state index contributed by atoms with van der Waals surface area (Å²) in [5.74, 6) is -0.349. The largest absolute Gasteiger partial charge is 0.507 e. The predicted octanol–water partition coefficient (Wildman–Crippen LogP) is 2.30. The van der Waals surface area contributed by atoms with Crippen molar-refractivity contribution in [1.82, 2.24) is 0 Å². The Morgan fingerprint density at radius 3 is 2.55 bits per heavy atom. The molecule has 0 saturated carbocycles. The summed E-state index contributed by atoms with van der Waals surface area (Å²) in [4.78, 5) is 14.1. The topological polar surface area (TPSA) is 66.6 Å². The van der Waals surface area contributed by atoms with Gasteiger partial charge in [0.2, 0.25) is 0 Å². The molecule has 0 unspecified atom stereocenters. The molecule has 0 aliphatic heterocycles. The standard InChI is InChI=1S/C15H14N2O2S/c1-17(11-6-4-5-10(9-11)14(16)20)15(19)12-7-2-3-8-13(12)18/h2-9,18H,1H3,(H2,16,20). The Labute approximate surface area is 122 Å². The van der Waals surface area contributed by atoms with Crippen molar-refractivity contribution in [2.24, 2.45) is 5.73 Å². The van der Waals surface area contributed by atoms with Crippen LogP contribution in [-0.2, 0) is 0 Å². The molecule has 4 nitrogen and oxygen atoms in total. The van der Waals surface area contributed by atoms with Crippen LogP contribution in [0.2, 0.25) is 0 Å². The number of benzene rings is 2. The zero-order chi connectivity index (χ0) is 14.7. The fraction of sp³-hybridized carbons (Fsp3) is 0.0667. The second kappa shape index (κ2) is 5.71. The SMILES string of the molecule is CN(C(=O)c1ccccc1O)c1cccc(C(N)=S)c1. The first-order valence-electron chi connectivity index (χ1n) is 5.96. The minimum atomic E-state index is -0.303. The highest BCUT2D eigenvalue weighted by molar-refractivity contribution is 7.80. The first kappa shape index (κ1) is 14.0. The lowest BCUT2D eigenvalue weighted by Crippen LogP contribution is -2.26. The van der Waals surface area contributed by atoms with Crippen LogP contribution in [0.5, 0.6) is 5.75 Å². The van der Waals surface area contributed by atoms with Crippen LogP contribution >= 0.6 is 12.2 Å². The number of hydrogen-bond donors (Lipinski definition) is 2. The molecule has 2 aromatic rings. The van der Waals surface area contributed by atoms with Gasteiger partial charge < -0.3 is 15.7 Å². The third-order valence-corrected chi connectivity index (χ3v) is 3.19. The lowest BCUT2D eigenvalue weighted by atomic mass is 10.1. The van der Waals surface area contributed by atoms with Crippen molar-refractivity contribution >= 4 is 28.8 Å². The van der Waals surface area contributed by atoms with Crippen LogP contribution in [0, 0.1) is 0 Å². The van der Waals surface area contributed by atoms with E-state index in [1.807, 2.05) is 0 Å². The van der Waals surface area contributed by atoms with E-state index < -0.39 is 0 Å². The van der Waals surface area contributed by atoms with E-state index in [1.54, 1.807) is 49.5 Å². The first-order chi connectivity index (χ1) is 9.50. The van der Waals surface area contributed by atoms with Gasteiger partial charge in [-0.3, -0.25) is 4.79 Å². The third-order valence-electron chi connectivity index (χ3n) is 2.96. The maximum absolute atomic E-state index is 12.3. The van der Waals surface area contributed by atoms with Crippen LogP contribution in [0.1, 0.15) is 15.9 Å². The van der Waals surface area contributed by atoms with Gasteiger partial charge in [-0.05, 0) is 24.3 Å². The van der Waals surface area contributed by atoms with E-state index in [0.717, 1.165) is 0 Å². The Bertz CT molecular complexity index is 670. The lowest BCUT2D eigenvalue weighted by molar-refractivity contribution is 0.0990. The molecule has 0 aromatic heterocycles. The number of anilines is 1. The number of para-hydroxylation sites is 1. The van der Waals surface area contributed by atoms with E-state index in [1.165, 1.54) is 11.0 Å². The molecular weight excluding hydrogens is 272 g/mol. The number of hydrogen-bond acceptors (Lipinski definition) is 3. The number of carbonyl (C=O) groups excluding carboxylic acids is 1. The fourth-order valence-corrected chi connectivity index (χ4v) is 1.95. The zero-order valence-electron chi connectivity index (χ0n) is 10.9. The normalized spacial score (nSPS) is 10.1. The third kappa shape index (κ3) is 2.78. The summed E-state index contributed by atoms with van der Waals surface area (Å²) < 4.78 is 0. The lowest BCUT2D eigenvalue weighted by Gasteiger charge is -2.18. The molecule has 0 saturated heterocycles. The molecule has 0 bridgehead atoms. The number of phenolic OH excluding ortho intramolecular Hbond substituents is 1. The molecular formula is C15H14N2O2S. The molecule has 3 N–H and O–H groups in total. The first-order valence-corrected chi connectivity index (χ1v) is 6.37. The van der Waals surface area contributed by atoms with Gasteiger partial charge in [0.1, 0.15) is 10.7 Å². The Hall–Kier alpha value is -2.40. The van der Waals surface area contributed by atoms with Crippen molar-refractivity contribution in [2.75, 3.05) is 11.9 Å². The molecule has 2 rings (SSSR count).